The first kappa shape index (κ1) is 17.1. The van der Waals surface area contributed by atoms with Crippen molar-refractivity contribution in [1.82, 2.24) is 10.6 Å². The first-order chi connectivity index (χ1) is 11.8. The van der Waals surface area contributed by atoms with E-state index in [9.17, 15) is 0 Å². The molecule has 132 valence electrons. The molecule has 0 radical (unpaired) electrons. The number of rotatable bonds is 7. The highest BCUT2D eigenvalue weighted by atomic mass is 15.2. The lowest BCUT2D eigenvalue weighted by atomic mass is 10.1. The summed E-state index contributed by atoms with van der Waals surface area (Å²) in [6, 6.07) is 9.21. The number of hydrogen-bond donors (Lipinski definition) is 2. The summed E-state index contributed by atoms with van der Waals surface area (Å²) in [5.74, 6) is 1.88. The number of nitrogens with zero attached hydrogens (tertiary/aromatic N) is 2. The van der Waals surface area contributed by atoms with Gasteiger partial charge in [-0.3, -0.25) is 4.99 Å². The van der Waals surface area contributed by atoms with Crippen molar-refractivity contribution in [1.29, 1.82) is 0 Å². The fraction of sp³-hybridized carbons (Fsp3) is 0.650. The number of guanidine groups is 1. The van der Waals surface area contributed by atoms with Crippen LogP contribution in [0.1, 0.15) is 57.6 Å². The Hall–Kier alpha value is -1.71. The van der Waals surface area contributed by atoms with Crippen molar-refractivity contribution in [2.24, 2.45) is 10.9 Å². The quantitative estimate of drug-likeness (QED) is 0.592. The minimum absolute atomic E-state index is 0.256. The summed E-state index contributed by atoms with van der Waals surface area (Å²) in [5, 5.41) is 6.94. The first-order valence-electron chi connectivity index (χ1n) is 9.66. The van der Waals surface area contributed by atoms with Gasteiger partial charge in [0.1, 0.15) is 0 Å². The second-order valence-corrected chi connectivity index (χ2v) is 7.15. The third-order valence-corrected chi connectivity index (χ3v) is 5.04. The van der Waals surface area contributed by atoms with Gasteiger partial charge in [0.05, 0.1) is 6.04 Å². The Bertz CT molecular complexity index is 544. The van der Waals surface area contributed by atoms with E-state index in [-0.39, 0.29) is 6.04 Å². The standard InChI is InChI=1S/C20H32N4/c1-3-21-20(22-12-11-17-9-10-17)23-16(2)18-7-6-8-19(15-18)24-13-4-5-14-24/h6-8,15-17H,3-5,9-14H2,1-2H3,(H2,21,22,23). The first-order valence-corrected chi connectivity index (χ1v) is 9.66. The molecule has 1 aromatic carbocycles. The van der Waals surface area contributed by atoms with Gasteiger partial charge in [0.2, 0.25) is 0 Å². The summed E-state index contributed by atoms with van der Waals surface area (Å²) in [4.78, 5) is 7.23. The predicted molar refractivity (Wildman–Crippen MR) is 103 cm³/mol. The van der Waals surface area contributed by atoms with E-state index in [1.54, 1.807) is 0 Å². The molecule has 0 spiro atoms. The third kappa shape index (κ3) is 4.89. The molecule has 4 heteroatoms. The molecule has 2 fully saturated rings. The second-order valence-electron chi connectivity index (χ2n) is 7.15. The summed E-state index contributed by atoms with van der Waals surface area (Å²) in [5.41, 5.74) is 2.68. The maximum absolute atomic E-state index is 4.74. The zero-order valence-corrected chi connectivity index (χ0v) is 15.2. The zero-order valence-electron chi connectivity index (χ0n) is 15.2. The molecule has 1 saturated carbocycles. The lowest BCUT2D eigenvalue weighted by Crippen LogP contribution is -2.38. The molecule has 3 rings (SSSR count). The normalized spacial score (nSPS) is 19.4. The van der Waals surface area contributed by atoms with Crippen LogP contribution in [0.3, 0.4) is 0 Å². The fourth-order valence-electron chi connectivity index (χ4n) is 3.34. The maximum Gasteiger partial charge on any atom is 0.191 e. The van der Waals surface area contributed by atoms with E-state index >= 15 is 0 Å². The summed E-state index contributed by atoms with van der Waals surface area (Å²) in [7, 11) is 0. The molecule has 1 atom stereocenters. The molecule has 1 aromatic rings. The Balaban J connectivity index is 1.60. The van der Waals surface area contributed by atoms with Crippen molar-refractivity contribution in [3.05, 3.63) is 29.8 Å². The van der Waals surface area contributed by atoms with Crippen LogP contribution in [-0.4, -0.2) is 32.1 Å². The van der Waals surface area contributed by atoms with E-state index in [2.05, 4.69) is 53.6 Å². The molecule has 1 aliphatic carbocycles. The largest absolute Gasteiger partial charge is 0.372 e. The van der Waals surface area contributed by atoms with Crippen LogP contribution in [0.2, 0.25) is 0 Å². The molecule has 0 bridgehead atoms. The Morgan fingerprint density at radius 1 is 1.29 bits per heavy atom. The Morgan fingerprint density at radius 2 is 2.08 bits per heavy atom. The van der Waals surface area contributed by atoms with Gasteiger partial charge < -0.3 is 15.5 Å². The van der Waals surface area contributed by atoms with Crippen LogP contribution in [-0.2, 0) is 0 Å². The number of nitrogens with one attached hydrogen (secondary N) is 2. The molecular weight excluding hydrogens is 296 g/mol. The number of benzene rings is 1. The van der Waals surface area contributed by atoms with E-state index in [0.29, 0.717) is 0 Å². The lowest BCUT2D eigenvalue weighted by molar-refractivity contribution is 0.675. The number of aliphatic imine (C=N–C) groups is 1. The van der Waals surface area contributed by atoms with Gasteiger partial charge in [0.15, 0.2) is 5.96 Å². The van der Waals surface area contributed by atoms with Gasteiger partial charge in [-0.05, 0) is 56.7 Å². The highest BCUT2D eigenvalue weighted by Gasteiger charge is 2.20. The lowest BCUT2D eigenvalue weighted by Gasteiger charge is -2.22. The summed E-state index contributed by atoms with van der Waals surface area (Å²) >= 11 is 0. The van der Waals surface area contributed by atoms with Crippen molar-refractivity contribution < 1.29 is 0 Å². The van der Waals surface area contributed by atoms with Crippen LogP contribution in [0.4, 0.5) is 5.69 Å². The van der Waals surface area contributed by atoms with Crippen molar-refractivity contribution in [3.63, 3.8) is 0 Å². The van der Waals surface area contributed by atoms with E-state index in [1.165, 1.54) is 56.4 Å². The highest BCUT2D eigenvalue weighted by Crippen LogP contribution is 2.32. The molecule has 1 unspecified atom stereocenters. The fourth-order valence-corrected chi connectivity index (χ4v) is 3.34. The number of anilines is 1. The smallest absolute Gasteiger partial charge is 0.191 e. The van der Waals surface area contributed by atoms with E-state index in [0.717, 1.165) is 25.0 Å². The molecule has 0 amide bonds. The van der Waals surface area contributed by atoms with Crippen LogP contribution in [0.5, 0.6) is 0 Å². The maximum atomic E-state index is 4.74. The van der Waals surface area contributed by atoms with Gasteiger partial charge in [-0.15, -0.1) is 0 Å². The van der Waals surface area contributed by atoms with Crippen LogP contribution >= 0.6 is 0 Å². The topological polar surface area (TPSA) is 39.7 Å². The van der Waals surface area contributed by atoms with E-state index < -0.39 is 0 Å². The number of hydrogen-bond acceptors (Lipinski definition) is 2. The summed E-state index contributed by atoms with van der Waals surface area (Å²) < 4.78 is 0. The van der Waals surface area contributed by atoms with Gasteiger partial charge in [0, 0.05) is 31.9 Å². The molecule has 2 aliphatic rings. The molecule has 0 aromatic heterocycles. The monoisotopic (exact) mass is 328 g/mol. The second kappa shape index (κ2) is 8.41. The van der Waals surface area contributed by atoms with Crippen LogP contribution in [0.15, 0.2) is 29.3 Å². The van der Waals surface area contributed by atoms with Gasteiger partial charge in [0.25, 0.3) is 0 Å². The summed E-state index contributed by atoms with van der Waals surface area (Å²) in [6.07, 6.45) is 6.67. The molecule has 2 N–H and O–H groups in total. The van der Waals surface area contributed by atoms with Gasteiger partial charge in [-0.1, -0.05) is 25.0 Å². The van der Waals surface area contributed by atoms with Crippen LogP contribution < -0.4 is 15.5 Å². The van der Waals surface area contributed by atoms with Crippen molar-refractivity contribution in [3.8, 4) is 0 Å². The van der Waals surface area contributed by atoms with Gasteiger partial charge in [-0.25, -0.2) is 0 Å². The molecular formula is C20H32N4. The minimum atomic E-state index is 0.256. The van der Waals surface area contributed by atoms with Crippen LogP contribution in [0.25, 0.3) is 0 Å². The van der Waals surface area contributed by atoms with Crippen molar-refractivity contribution >= 4 is 11.6 Å². The average molecular weight is 329 g/mol. The molecule has 4 nitrogen and oxygen atoms in total. The SMILES string of the molecule is CCNC(=NCCC1CC1)NC(C)c1cccc(N2CCCC2)c1. The third-order valence-electron chi connectivity index (χ3n) is 5.04. The van der Waals surface area contributed by atoms with Crippen LogP contribution in [0, 0.1) is 5.92 Å². The van der Waals surface area contributed by atoms with Crippen molar-refractivity contribution in [2.75, 3.05) is 31.1 Å². The molecule has 1 heterocycles. The minimum Gasteiger partial charge on any atom is -0.372 e. The van der Waals surface area contributed by atoms with E-state index in [4.69, 9.17) is 4.99 Å². The Morgan fingerprint density at radius 3 is 2.79 bits per heavy atom. The molecule has 1 aliphatic heterocycles. The van der Waals surface area contributed by atoms with Gasteiger partial charge >= 0.3 is 0 Å². The van der Waals surface area contributed by atoms with Crippen molar-refractivity contribution in [2.45, 2.75) is 52.0 Å². The highest BCUT2D eigenvalue weighted by molar-refractivity contribution is 5.80. The molecule has 1 saturated heterocycles. The summed E-state index contributed by atoms with van der Waals surface area (Å²) in [6.45, 7) is 8.55. The van der Waals surface area contributed by atoms with Gasteiger partial charge in [-0.2, -0.15) is 0 Å². The average Bonchev–Trinajstić information content (AvgIpc) is 3.25. The predicted octanol–water partition coefficient (Wildman–Crippen LogP) is 3.70. The molecule has 24 heavy (non-hydrogen) atoms. The Labute approximate surface area is 146 Å². The zero-order chi connectivity index (χ0) is 16.8. The van der Waals surface area contributed by atoms with E-state index in [1.807, 2.05) is 0 Å². The Kier molecular flexibility index (Phi) is 6.00.